The smallest absolute Gasteiger partial charge is 0.0772 e. The van der Waals surface area contributed by atoms with Crippen LogP contribution in [0, 0.1) is 18.8 Å². The van der Waals surface area contributed by atoms with Crippen molar-refractivity contribution in [1.29, 1.82) is 0 Å². The molecule has 0 atom stereocenters. The van der Waals surface area contributed by atoms with E-state index < -0.39 is 0 Å². The second kappa shape index (κ2) is 7.14. The standard InChI is InChI=1S/C17H20N2S/c1-3-19(15-8-6-14(2)7-9-15)13-17-11-10-16(20-17)5-4-12-18/h6-11H,3,12-13,18H2,1-2H3. The highest BCUT2D eigenvalue weighted by Gasteiger charge is 2.07. The molecule has 0 bridgehead atoms. The van der Waals surface area contributed by atoms with Crippen molar-refractivity contribution in [3.05, 3.63) is 51.7 Å². The number of benzene rings is 1. The molecule has 2 aromatic rings. The van der Waals surface area contributed by atoms with Crippen molar-refractivity contribution >= 4 is 17.0 Å². The van der Waals surface area contributed by atoms with Gasteiger partial charge in [-0.25, -0.2) is 0 Å². The van der Waals surface area contributed by atoms with Gasteiger partial charge in [-0.05, 0) is 38.1 Å². The van der Waals surface area contributed by atoms with Gasteiger partial charge in [0.15, 0.2) is 0 Å². The number of anilines is 1. The van der Waals surface area contributed by atoms with Crippen LogP contribution in [0.25, 0.3) is 0 Å². The average molecular weight is 284 g/mol. The fraction of sp³-hybridized carbons (Fsp3) is 0.294. The summed E-state index contributed by atoms with van der Waals surface area (Å²) in [6.07, 6.45) is 0. The topological polar surface area (TPSA) is 29.3 Å². The molecule has 1 aromatic carbocycles. The SMILES string of the molecule is CCN(Cc1ccc(C#CCN)s1)c1ccc(C)cc1. The Morgan fingerprint density at radius 3 is 2.55 bits per heavy atom. The van der Waals surface area contributed by atoms with Crippen LogP contribution in [0.2, 0.25) is 0 Å². The summed E-state index contributed by atoms with van der Waals surface area (Å²) in [5, 5.41) is 0. The summed E-state index contributed by atoms with van der Waals surface area (Å²) >= 11 is 1.74. The number of nitrogens with two attached hydrogens (primary N) is 1. The first-order valence-electron chi connectivity index (χ1n) is 6.82. The number of aryl methyl sites for hydroxylation is 1. The van der Waals surface area contributed by atoms with Crippen LogP contribution >= 0.6 is 11.3 Å². The number of thiophene rings is 1. The third-order valence-corrected chi connectivity index (χ3v) is 4.09. The Balaban J connectivity index is 2.10. The molecule has 0 aliphatic carbocycles. The summed E-state index contributed by atoms with van der Waals surface area (Å²) in [7, 11) is 0. The number of hydrogen-bond acceptors (Lipinski definition) is 3. The lowest BCUT2D eigenvalue weighted by atomic mass is 10.2. The maximum Gasteiger partial charge on any atom is 0.0772 e. The van der Waals surface area contributed by atoms with Crippen LogP contribution in [0.1, 0.15) is 22.2 Å². The van der Waals surface area contributed by atoms with Gasteiger partial charge in [0.1, 0.15) is 0 Å². The normalized spacial score (nSPS) is 9.95. The molecule has 0 fully saturated rings. The van der Waals surface area contributed by atoms with E-state index in [2.05, 4.69) is 67.0 Å². The largest absolute Gasteiger partial charge is 0.367 e. The summed E-state index contributed by atoms with van der Waals surface area (Å²) in [6, 6.07) is 12.9. The molecule has 1 aromatic heterocycles. The minimum Gasteiger partial charge on any atom is -0.367 e. The van der Waals surface area contributed by atoms with Gasteiger partial charge in [-0.3, -0.25) is 0 Å². The summed E-state index contributed by atoms with van der Waals surface area (Å²) in [5.41, 5.74) is 7.95. The van der Waals surface area contributed by atoms with E-state index in [-0.39, 0.29) is 0 Å². The lowest BCUT2D eigenvalue weighted by Crippen LogP contribution is -2.21. The highest BCUT2D eigenvalue weighted by atomic mass is 32.1. The highest BCUT2D eigenvalue weighted by Crippen LogP contribution is 2.22. The number of rotatable bonds is 4. The highest BCUT2D eigenvalue weighted by molar-refractivity contribution is 7.12. The fourth-order valence-corrected chi connectivity index (χ4v) is 2.90. The molecule has 2 rings (SSSR count). The molecule has 2 nitrogen and oxygen atoms in total. The Kier molecular flexibility index (Phi) is 5.23. The first-order chi connectivity index (χ1) is 9.72. The predicted molar refractivity (Wildman–Crippen MR) is 88.2 cm³/mol. The molecule has 0 aliphatic rings. The third-order valence-electron chi connectivity index (χ3n) is 3.10. The van der Waals surface area contributed by atoms with Crippen molar-refractivity contribution in [2.45, 2.75) is 20.4 Å². The van der Waals surface area contributed by atoms with Crippen molar-refractivity contribution in [2.24, 2.45) is 5.73 Å². The quantitative estimate of drug-likeness (QED) is 0.872. The molecule has 0 unspecified atom stereocenters. The van der Waals surface area contributed by atoms with Gasteiger partial charge in [-0.1, -0.05) is 29.5 Å². The molecule has 0 aliphatic heterocycles. The van der Waals surface area contributed by atoms with E-state index in [1.807, 2.05) is 0 Å². The molecule has 0 saturated heterocycles. The molecule has 20 heavy (non-hydrogen) atoms. The van der Waals surface area contributed by atoms with Crippen LogP contribution in [-0.2, 0) is 6.54 Å². The Bertz CT molecular complexity index is 602. The zero-order valence-electron chi connectivity index (χ0n) is 12.0. The summed E-state index contributed by atoms with van der Waals surface area (Å²) in [5.74, 6) is 5.99. The molecular formula is C17H20N2S. The monoisotopic (exact) mass is 284 g/mol. The van der Waals surface area contributed by atoms with Gasteiger partial charge in [0, 0.05) is 17.1 Å². The van der Waals surface area contributed by atoms with Crippen LogP contribution in [0.4, 0.5) is 5.69 Å². The van der Waals surface area contributed by atoms with Crippen molar-refractivity contribution in [3.8, 4) is 11.8 Å². The predicted octanol–water partition coefficient (Wildman–Crippen LogP) is 3.39. The van der Waals surface area contributed by atoms with Crippen molar-refractivity contribution < 1.29 is 0 Å². The van der Waals surface area contributed by atoms with Crippen molar-refractivity contribution in [2.75, 3.05) is 18.0 Å². The van der Waals surface area contributed by atoms with E-state index in [4.69, 9.17) is 5.73 Å². The van der Waals surface area contributed by atoms with Gasteiger partial charge in [0.05, 0.1) is 18.0 Å². The Labute approximate surface area is 125 Å². The maximum atomic E-state index is 5.40. The van der Waals surface area contributed by atoms with Crippen LogP contribution in [0.3, 0.4) is 0 Å². The van der Waals surface area contributed by atoms with Gasteiger partial charge in [-0.15, -0.1) is 11.3 Å². The minimum absolute atomic E-state index is 0.414. The van der Waals surface area contributed by atoms with Crippen LogP contribution in [0.15, 0.2) is 36.4 Å². The fourth-order valence-electron chi connectivity index (χ4n) is 2.00. The average Bonchev–Trinajstić information content (AvgIpc) is 2.91. The van der Waals surface area contributed by atoms with Crippen molar-refractivity contribution in [1.82, 2.24) is 0 Å². The van der Waals surface area contributed by atoms with E-state index in [1.54, 1.807) is 11.3 Å². The van der Waals surface area contributed by atoms with Crippen LogP contribution in [-0.4, -0.2) is 13.1 Å². The van der Waals surface area contributed by atoms with Gasteiger partial charge in [0.25, 0.3) is 0 Å². The summed E-state index contributed by atoms with van der Waals surface area (Å²) in [4.78, 5) is 4.78. The Hall–Kier alpha value is -1.76. The summed E-state index contributed by atoms with van der Waals surface area (Å²) in [6.45, 7) is 6.63. The number of nitrogens with zero attached hydrogens (tertiary/aromatic N) is 1. The Morgan fingerprint density at radius 2 is 1.90 bits per heavy atom. The van der Waals surface area contributed by atoms with Crippen molar-refractivity contribution in [3.63, 3.8) is 0 Å². The molecular weight excluding hydrogens is 264 g/mol. The summed E-state index contributed by atoms with van der Waals surface area (Å²) < 4.78 is 0. The van der Waals surface area contributed by atoms with Gasteiger partial charge in [-0.2, -0.15) is 0 Å². The molecule has 2 N–H and O–H groups in total. The molecule has 0 saturated carbocycles. The maximum absolute atomic E-state index is 5.40. The Morgan fingerprint density at radius 1 is 1.15 bits per heavy atom. The second-order valence-corrected chi connectivity index (χ2v) is 5.79. The lowest BCUT2D eigenvalue weighted by Gasteiger charge is -2.22. The zero-order chi connectivity index (χ0) is 14.4. The van der Waals surface area contributed by atoms with E-state index in [0.717, 1.165) is 18.0 Å². The molecule has 104 valence electrons. The lowest BCUT2D eigenvalue weighted by molar-refractivity contribution is 0.842. The third kappa shape index (κ3) is 3.86. The molecule has 3 heteroatoms. The van der Waals surface area contributed by atoms with E-state index >= 15 is 0 Å². The number of hydrogen-bond donors (Lipinski definition) is 1. The first-order valence-corrected chi connectivity index (χ1v) is 7.64. The van der Waals surface area contributed by atoms with Gasteiger partial charge >= 0.3 is 0 Å². The van der Waals surface area contributed by atoms with Crippen LogP contribution in [0.5, 0.6) is 0 Å². The van der Waals surface area contributed by atoms with E-state index in [9.17, 15) is 0 Å². The van der Waals surface area contributed by atoms with Crippen LogP contribution < -0.4 is 10.6 Å². The zero-order valence-corrected chi connectivity index (χ0v) is 12.8. The van der Waals surface area contributed by atoms with Gasteiger partial charge in [0.2, 0.25) is 0 Å². The molecule has 1 heterocycles. The second-order valence-electron chi connectivity index (χ2n) is 4.62. The molecule has 0 amide bonds. The van der Waals surface area contributed by atoms with E-state index in [1.165, 1.54) is 16.1 Å². The minimum atomic E-state index is 0.414. The van der Waals surface area contributed by atoms with E-state index in [0.29, 0.717) is 6.54 Å². The molecule has 0 spiro atoms. The van der Waals surface area contributed by atoms with Gasteiger partial charge < -0.3 is 10.6 Å². The first kappa shape index (κ1) is 14.6. The molecule has 0 radical (unpaired) electrons.